The van der Waals surface area contributed by atoms with Crippen molar-refractivity contribution >= 4 is 17.6 Å². The molecule has 0 heterocycles. The molecule has 0 atom stereocenters. The first kappa shape index (κ1) is 14.6. The largest absolute Gasteiger partial charge is 0.492 e. The zero-order valence-corrected chi connectivity index (χ0v) is 10.9. The molecular weight excluding hydrogens is 263 g/mol. The van der Waals surface area contributed by atoms with E-state index in [-0.39, 0.29) is 22.9 Å². The summed E-state index contributed by atoms with van der Waals surface area (Å²) < 4.78 is 23.7. The molecule has 0 saturated carbocycles. The summed E-state index contributed by atoms with van der Waals surface area (Å²) in [6.07, 6.45) is 0.864. The van der Waals surface area contributed by atoms with Crippen molar-refractivity contribution in [1.29, 1.82) is 0 Å². The number of carboxylic acids is 1. The molecule has 0 amide bonds. The van der Waals surface area contributed by atoms with Crippen molar-refractivity contribution in [1.82, 2.24) is 0 Å². The Morgan fingerprint density at radius 1 is 1.39 bits per heavy atom. The van der Waals surface area contributed by atoms with E-state index in [0.717, 1.165) is 0 Å². The monoisotopic (exact) mass is 276 g/mol. The Hall–Kier alpha value is -1.49. The van der Waals surface area contributed by atoms with Crippen molar-refractivity contribution in [2.75, 3.05) is 14.2 Å². The minimum absolute atomic E-state index is 0.0282. The lowest BCUT2D eigenvalue weighted by Crippen LogP contribution is -2.01. The number of methoxy groups -OCH3 is 2. The van der Waals surface area contributed by atoms with E-state index in [2.05, 4.69) is 0 Å². The van der Waals surface area contributed by atoms with Crippen molar-refractivity contribution in [3.05, 3.63) is 22.5 Å². The van der Waals surface area contributed by atoms with Crippen LogP contribution < -0.4 is 9.47 Å². The van der Waals surface area contributed by atoms with Gasteiger partial charge in [-0.15, -0.1) is 0 Å². The maximum Gasteiger partial charge on any atom is 0.303 e. The summed E-state index contributed by atoms with van der Waals surface area (Å²) in [6, 6.07) is 1.43. The van der Waals surface area contributed by atoms with Gasteiger partial charge in [0, 0.05) is 6.42 Å². The number of hydrogen-bond acceptors (Lipinski definition) is 3. The number of carbonyl (C=O) groups is 1. The zero-order chi connectivity index (χ0) is 13.7. The Balaban J connectivity index is 3.03. The van der Waals surface area contributed by atoms with E-state index >= 15 is 0 Å². The Morgan fingerprint density at radius 3 is 2.50 bits per heavy atom. The smallest absolute Gasteiger partial charge is 0.303 e. The average molecular weight is 277 g/mol. The summed E-state index contributed by atoms with van der Waals surface area (Å²) in [5.41, 5.74) is 0.627. The van der Waals surface area contributed by atoms with Crippen LogP contribution >= 0.6 is 11.6 Å². The molecule has 0 aliphatic rings. The lowest BCUT2D eigenvalue weighted by atomic mass is 10.1. The predicted octanol–water partition coefficient (Wildman–Crippen LogP) is 2.90. The van der Waals surface area contributed by atoms with Gasteiger partial charge in [0.05, 0.1) is 19.2 Å². The summed E-state index contributed by atoms with van der Waals surface area (Å²) in [7, 11) is 2.71. The van der Waals surface area contributed by atoms with Crippen molar-refractivity contribution in [2.45, 2.75) is 19.3 Å². The first-order valence-electron chi connectivity index (χ1n) is 5.31. The molecule has 100 valence electrons. The molecule has 6 heteroatoms. The maximum absolute atomic E-state index is 13.6. The second-order valence-corrected chi connectivity index (χ2v) is 4.05. The molecule has 0 radical (unpaired) electrons. The fraction of sp³-hybridized carbons (Fsp3) is 0.417. The van der Waals surface area contributed by atoms with Gasteiger partial charge in [-0.2, -0.15) is 0 Å². The molecule has 4 nitrogen and oxygen atoms in total. The van der Waals surface area contributed by atoms with Crippen molar-refractivity contribution in [3.63, 3.8) is 0 Å². The molecule has 0 spiro atoms. The number of carboxylic acid groups (broad SMARTS) is 1. The van der Waals surface area contributed by atoms with Crippen LogP contribution in [0.3, 0.4) is 0 Å². The highest BCUT2D eigenvalue weighted by molar-refractivity contribution is 6.31. The van der Waals surface area contributed by atoms with Crippen LogP contribution in [-0.2, 0) is 11.2 Å². The van der Waals surface area contributed by atoms with E-state index in [4.69, 9.17) is 26.2 Å². The van der Waals surface area contributed by atoms with Crippen LogP contribution in [0.4, 0.5) is 4.39 Å². The lowest BCUT2D eigenvalue weighted by Gasteiger charge is -2.14. The van der Waals surface area contributed by atoms with E-state index in [0.29, 0.717) is 18.4 Å². The number of aliphatic carboxylic acids is 1. The summed E-state index contributed by atoms with van der Waals surface area (Å²) in [4.78, 5) is 10.4. The van der Waals surface area contributed by atoms with Crippen molar-refractivity contribution < 1.29 is 23.8 Å². The Bertz CT molecular complexity index is 448. The predicted molar refractivity (Wildman–Crippen MR) is 65.1 cm³/mol. The van der Waals surface area contributed by atoms with Crippen LogP contribution in [0.1, 0.15) is 18.4 Å². The number of aryl methyl sites for hydroxylation is 1. The van der Waals surface area contributed by atoms with Crippen LogP contribution in [0.25, 0.3) is 0 Å². The SMILES string of the molecule is COc1c(CCCC(=O)O)cc(Cl)c(F)c1OC. The second kappa shape index (κ2) is 6.44. The quantitative estimate of drug-likeness (QED) is 0.868. The summed E-state index contributed by atoms with van der Waals surface area (Å²) in [5.74, 6) is -1.37. The van der Waals surface area contributed by atoms with Gasteiger partial charge in [0.1, 0.15) is 0 Å². The molecule has 0 aromatic heterocycles. The minimum atomic E-state index is -0.880. The molecule has 1 N–H and O–H groups in total. The fourth-order valence-electron chi connectivity index (χ4n) is 1.66. The third-order valence-corrected chi connectivity index (χ3v) is 2.73. The second-order valence-electron chi connectivity index (χ2n) is 3.65. The van der Waals surface area contributed by atoms with Gasteiger partial charge in [0.15, 0.2) is 17.3 Å². The molecule has 0 aliphatic heterocycles. The third kappa shape index (κ3) is 3.26. The van der Waals surface area contributed by atoms with E-state index in [1.807, 2.05) is 0 Å². The molecule has 1 aromatic rings. The minimum Gasteiger partial charge on any atom is -0.492 e. The van der Waals surface area contributed by atoms with Gasteiger partial charge in [-0.05, 0) is 24.5 Å². The van der Waals surface area contributed by atoms with Gasteiger partial charge in [-0.1, -0.05) is 11.6 Å². The zero-order valence-electron chi connectivity index (χ0n) is 10.1. The third-order valence-electron chi connectivity index (χ3n) is 2.45. The molecule has 1 rings (SSSR count). The highest BCUT2D eigenvalue weighted by Gasteiger charge is 2.19. The Labute approximate surface area is 109 Å². The molecule has 0 aliphatic carbocycles. The van der Waals surface area contributed by atoms with E-state index in [9.17, 15) is 9.18 Å². The van der Waals surface area contributed by atoms with Gasteiger partial charge < -0.3 is 14.6 Å². The van der Waals surface area contributed by atoms with E-state index < -0.39 is 11.8 Å². The number of rotatable bonds is 6. The first-order chi connectivity index (χ1) is 8.51. The molecule has 0 unspecified atom stereocenters. The molecular formula is C12H14ClFO4. The van der Waals surface area contributed by atoms with Gasteiger partial charge in [-0.3, -0.25) is 4.79 Å². The molecule has 0 fully saturated rings. The number of halogens is 2. The molecule has 18 heavy (non-hydrogen) atoms. The average Bonchev–Trinajstić information content (AvgIpc) is 2.32. The Kier molecular flexibility index (Phi) is 5.22. The van der Waals surface area contributed by atoms with Crippen LogP contribution in [0.15, 0.2) is 6.07 Å². The lowest BCUT2D eigenvalue weighted by molar-refractivity contribution is -0.137. The van der Waals surface area contributed by atoms with Crippen LogP contribution in [0, 0.1) is 5.82 Å². The van der Waals surface area contributed by atoms with Crippen LogP contribution in [0.2, 0.25) is 5.02 Å². The maximum atomic E-state index is 13.6. The molecule has 0 bridgehead atoms. The van der Waals surface area contributed by atoms with Gasteiger partial charge in [0.25, 0.3) is 0 Å². The number of ether oxygens (including phenoxy) is 2. The van der Waals surface area contributed by atoms with Crippen molar-refractivity contribution in [2.24, 2.45) is 0 Å². The first-order valence-corrected chi connectivity index (χ1v) is 5.69. The summed E-state index contributed by atoms with van der Waals surface area (Å²) >= 11 is 5.74. The highest BCUT2D eigenvalue weighted by atomic mass is 35.5. The normalized spacial score (nSPS) is 10.2. The van der Waals surface area contributed by atoms with Gasteiger partial charge in [0.2, 0.25) is 0 Å². The molecule has 1 aromatic carbocycles. The van der Waals surface area contributed by atoms with Crippen LogP contribution in [-0.4, -0.2) is 25.3 Å². The standard InChI is InChI=1S/C12H14ClFO4/c1-17-11-7(4-3-5-9(15)16)6-8(13)10(14)12(11)18-2/h6H,3-5H2,1-2H3,(H,15,16). The Morgan fingerprint density at radius 2 is 2.00 bits per heavy atom. The van der Waals surface area contributed by atoms with Gasteiger partial charge >= 0.3 is 5.97 Å². The summed E-state index contributed by atoms with van der Waals surface area (Å²) in [5, 5.41) is 8.50. The van der Waals surface area contributed by atoms with Crippen molar-refractivity contribution in [3.8, 4) is 11.5 Å². The summed E-state index contributed by atoms with van der Waals surface area (Å²) in [6.45, 7) is 0. The molecule has 0 saturated heterocycles. The fourth-order valence-corrected chi connectivity index (χ4v) is 1.88. The number of benzene rings is 1. The van der Waals surface area contributed by atoms with Gasteiger partial charge in [-0.25, -0.2) is 4.39 Å². The van der Waals surface area contributed by atoms with E-state index in [1.165, 1.54) is 20.3 Å². The number of hydrogen-bond donors (Lipinski definition) is 1. The highest BCUT2D eigenvalue weighted by Crippen LogP contribution is 2.38. The van der Waals surface area contributed by atoms with E-state index in [1.54, 1.807) is 0 Å². The van der Waals surface area contributed by atoms with Crippen LogP contribution in [0.5, 0.6) is 11.5 Å². The topological polar surface area (TPSA) is 55.8 Å².